The molecule has 3 aliphatic heterocycles. The summed E-state index contributed by atoms with van der Waals surface area (Å²) >= 11 is 0. The number of hydrogen-bond acceptors (Lipinski definition) is 9. The van der Waals surface area contributed by atoms with E-state index in [-0.39, 0.29) is 28.6 Å². The van der Waals surface area contributed by atoms with Crippen LogP contribution in [0.1, 0.15) is 63.5 Å². The quantitative estimate of drug-likeness (QED) is 0.150. The Balaban J connectivity index is 0.000000182. The van der Waals surface area contributed by atoms with E-state index in [0.29, 0.717) is 31.6 Å². The van der Waals surface area contributed by atoms with Crippen molar-refractivity contribution in [3.63, 3.8) is 0 Å². The zero-order valence-corrected chi connectivity index (χ0v) is 35.8. The van der Waals surface area contributed by atoms with Crippen LogP contribution in [0.25, 0.3) is 0 Å². The summed E-state index contributed by atoms with van der Waals surface area (Å²) in [4.78, 5) is 44.0. The third-order valence-corrected chi connectivity index (χ3v) is 13.0. The van der Waals surface area contributed by atoms with Gasteiger partial charge in [-0.2, -0.15) is 0 Å². The Labute approximate surface area is 357 Å². The number of benzene rings is 3. The molecule has 60 heavy (non-hydrogen) atoms. The minimum Gasteiger partial charge on any atom is -0.506 e. The highest BCUT2D eigenvalue weighted by Crippen LogP contribution is 2.44. The molecule has 0 unspecified atom stereocenters. The third kappa shape index (κ3) is 11.0. The molecule has 0 atom stereocenters. The van der Waals surface area contributed by atoms with Crippen LogP contribution in [0.3, 0.4) is 0 Å². The van der Waals surface area contributed by atoms with Crippen LogP contribution in [0.15, 0.2) is 109 Å². The lowest BCUT2D eigenvalue weighted by atomic mass is 9.86. The van der Waals surface area contributed by atoms with Crippen molar-refractivity contribution >= 4 is 23.3 Å². The maximum Gasteiger partial charge on any atom is 0.227 e. The highest BCUT2D eigenvalue weighted by atomic mass is 16.5. The van der Waals surface area contributed by atoms with Crippen molar-refractivity contribution in [1.29, 1.82) is 0 Å². The number of carbonyl (C=O) groups is 2. The second kappa shape index (κ2) is 20.7. The van der Waals surface area contributed by atoms with E-state index >= 15 is 0 Å². The van der Waals surface area contributed by atoms with Crippen molar-refractivity contribution in [2.45, 2.75) is 76.5 Å². The predicted molar refractivity (Wildman–Crippen MR) is 239 cm³/mol. The van der Waals surface area contributed by atoms with Gasteiger partial charge < -0.3 is 14.7 Å². The van der Waals surface area contributed by atoms with E-state index in [2.05, 4.69) is 85.2 Å². The number of pyridine rings is 1. The Morgan fingerprint density at radius 3 is 1.55 bits per heavy atom. The molecule has 11 heteroatoms. The number of anilines is 2. The van der Waals surface area contributed by atoms with Gasteiger partial charge in [0.25, 0.3) is 0 Å². The number of para-hydroxylation sites is 2. The molecular weight excluding hydrogens is 751 g/mol. The minimum absolute atomic E-state index is 0.0561. The number of nitrogens with zero attached hydrogens (tertiary/aromatic N) is 7. The van der Waals surface area contributed by atoms with Crippen LogP contribution in [-0.4, -0.2) is 131 Å². The SMILES string of the molecule is CCC(=O)N(CC1(N2CCN(Cc3ccccc3)CC2)CC1)c1ccccc1O.CCC(=O)N(CC1(N2CCN(Cc3ccccc3)CC2)CCOCC1)c1ccccn1. The fraction of sp³-hybridized carbons (Fsp3) is 0.490. The molecule has 1 aliphatic carbocycles. The lowest BCUT2D eigenvalue weighted by molar-refractivity contribution is -0.120. The first-order valence-electron chi connectivity index (χ1n) is 22.2. The monoisotopic (exact) mass is 816 g/mol. The highest BCUT2D eigenvalue weighted by molar-refractivity contribution is 5.95. The third-order valence-electron chi connectivity index (χ3n) is 13.0. The van der Waals surface area contributed by atoms with E-state index in [1.807, 2.05) is 49.1 Å². The van der Waals surface area contributed by atoms with E-state index < -0.39 is 0 Å². The number of phenols is 1. The number of aromatic hydroxyl groups is 1. The first-order valence-corrected chi connectivity index (χ1v) is 22.2. The van der Waals surface area contributed by atoms with Crippen LogP contribution in [0.2, 0.25) is 0 Å². The molecule has 0 spiro atoms. The van der Waals surface area contributed by atoms with Crippen molar-refractivity contribution in [3.05, 3.63) is 120 Å². The fourth-order valence-electron chi connectivity index (χ4n) is 9.27. The van der Waals surface area contributed by atoms with E-state index in [9.17, 15) is 14.7 Å². The summed E-state index contributed by atoms with van der Waals surface area (Å²) < 4.78 is 5.73. The maximum absolute atomic E-state index is 12.9. The molecule has 4 aromatic rings. The Kier molecular flexibility index (Phi) is 15.0. The smallest absolute Gasteiger partial charge is 0.227 e. The molecule has 3 saturated heterocycles. The Bertz CT molecular complexity index is 1930. The van der Waals surface area contributed by atoms with Gasteiger partial charge in [-0.25, -0.2) is 4.98 Å². The Morgan fingerprint density at radius 2 is 1.07 bits per heavy atom. The van der Waals surface area contributed by atoms with Crippen molar-refractivity contribution in [2.75, 3.05) is 88.5 Å². The fourth-order valence-corrected chi connectivity index (χ4v) is 9.27. The van der Waals surface area contributed by atoms with Crippen molar-refractivity contribution < 1.29 is 19.4 Å². The summed E-state index contributed by atoms with van der Waals surface area (Å²) in [5, 5.41) is 10.3. The molecule has 8 rings (SSSR count). The van der Waals surface area contributed by atoms with Gasteiger partial charge in [0, 0.05) is 122 Å². The lowest BCUT2D eigenvalue weighted by Crippen LogP contribution is -2.63. The first kappa shape index (κ1) is 43.4. The second-order valence-corrected chi connectivity index (χ2v) is 16.9. The number of piperazine rings is 2. The molecule has 3 aromatic carbocycles. The summed E-state index contributed by atoms with van der Waals surface area (Å²) in [6.45, 7) is 16.9. The average Bonchev–Trinajstić information content (AvgIpc) is 4.10. The second-order valence-electron chi connectivity index (χ2n) is 16.9. The van der Waals surface area contributed by atoms with Gasteiger partial charge in [0.15, 0.2) is 0 Å². The molecule has 0 bridgehead atoms. The van der Waals surface area contributed by atoms with Crippen molar-refractivity contribution in [3.8, 4) is 5.75 Å². The normalized spacial score (nSPS) is 19.4. The standard InChI is InChI=1S/C25H34N4O2.C24H31N3O2/c1-2-24(30)29(23-10-6-7-13-26-23)21-25(11-18-31-19-12-25)28-16-14-27(15-17-28)20-22-8-4-3-5-9-22;1-2-23(29)27(21-10-6-7-11-22(21)28)19-24(12-13-24)26-16-14-25(15-17-26)18-20-8-4-3-5-9-20/h3-10,13H,2,11-12,14-21H2,1H3;3-11,28H,2,12-19H2,1H3. The zero-order valence-electron chi connectivity index (χ0n) is 35.8. The minimum atomic E-state index is -0.0561. The number of carbonyl (C=O) groups excluding carboxylic acids is 2. The molecule has 4 heterocycles. The molecule has 4 aliphatic rings. The van der Waals surface area contributed by atoms with Gasteiger partial charge in [-0.3, -0.25) is 34.1 Å². The van der Waals surface area contributed by atoms with Crippen molar-refractivity contribution in [1.82, 2.24) is 24.6 Å². The average molecular weight is 816 g/mol. The molecule has 4 fully saturated rings. The van der Waals surface area contributed by atoms with Crippen LogP contribution >= 0.6 is 0 Å². The van der Waals surface area contributed by atoms with Crippen LogP contribution in [0, 0.1) is 0 Å². The van der Waals surface area contributed by atoms with Crippen molar-refractivity contribution in [2.24, 2.45) is 0 Å². The topological polar surface area (TPSA) is 95.9 Å². The molecule has 2 amide bonds. The predicted octanol–water partition coefficient (Wildman–Crippen LogP) is 6.68. The van der Waals surface area contributed by atoms with Crippen LogP contribution in [-0.2, 0) is 27.4 Å². The zero-order chi connectivity index (χ0) is 41.8. The Morgan fingerprint density at radius 1 is 0.600 bits per heavy atom. The maximum atomic E-state index is 12.9. The molecule has 11 nitrogen and oxygen atoms in total. The van der Waals surface area contributed by atoms with Crippen LogP contribution in [0.4, 0.5) is 11.5 Å². The molecule has 0 radical (unpaired) electrons. The molecule has 1 N–H and O–H groups in total. The van der Waals surface area contributed by atoms with Crippen LogP contribution in [0.5, 0.6) is 5.75 Å². The van der Waals surface area contributed by atoms with Gasteiger partial charge in [0.05, 0.1) is 5.69 Å². The first-order chi connectivity index (χ1) is 29.3. The van der Waals surface area contributed by atoms with Gasteiger partial charge in [-0.1, -0.05) is 92.7 Å². The van der Waals surface area contributed by atoms with E-state index in [1.165, 1.54) is 11.1 Å². The number of aromatic nitrogens is 1. The number of amides is 2. The number of ether oxygens (including phenoxy) is 1. The highest BCUT2D eigenvalue weighted by Gasteiger charge is 2.50. The summed E-state index contributed by atoms with van der Waals surface area (Å²) in [5.74, 6) is 1.13. The van der Waals surface area contributed by atoms with E-state index in [0.717, 1.165) is 110 Å². The van der Waals surface area contributed by atoms with Crippen LogP contribution < -0.4 is 9.80 Å². The molecule has 1 aromatic heterocycles. The van der Waals surface area contributed by atoms with E-state index in [1.54, 1.807) is 23.2 Å². The van der Waals surface area contributed by atoms with Gasteiger partial charge in [0.2, 0.25) is 11.8 Å². The largest absolute Gasteiger partial charge is 0.506 e. The Hall–Kier alpha value is -4.65. The summed E-state index contributed by atoms with van der Waals surface area (Å²) in [5.41, 5.74) is 3.37. The summed E-state index contributed by atoms with van der Waals surface area (Å²) in [6, 6.07) is 34.3. The molecular formula is C49H65N7O4. The summed E-state index contributed by atoms with van der Waals surface area (Å²) in [6.07, 6.45) is 6.82. The van der Waals surface area contributed by atoms with E-state index in [4.69, 9.17) is 4.74 Å². The van der Waals surface area contributed by atoms with Gasteiger partial charge in [-0.15, -0.1) is 0 Å². The van der Waals surface area contributed by atoms with Gasteiger partial charge in [0.1, 0.15) is 11.6 Å². The number of hydrogen-bond donors (Lipinski definition) is 1. The molecule has 320 valence electrons. The lowest BCUT2D eigenvalue weighted by Gasteiger charge is -2.51. The number of rotatable bonds is 14. The van der Waals surface area contributed by atoms with Gasteiger partial charge >= 0.3 is 0 Å². The van der Waals surface area contributed by atoms with Gasteiger partial charge in [-0.05, 0) is 61.1 Å². The molecule has 1 saturated carbocycles. The number of phenolic OH excluding ortho intramolecular Hbond substituents is 1. The summed E-state index contributed by atoms with van der Waals surface area (Å²) in [7, 11) is 0.